The summed E-state index contributed by atoms with van der Waals surface area (Å²) in [5.41, 5.74) is 3.79. The van der Waals surface area contributed by atoms with Crippen LogP contribution in [0.3, 0.4) is 0 Å². The number of aromatic nitrogens is 4. The lowest BCUT2D eigenvalue weighted by Crippen LogP contribution is -2.35. The molecule has 6 nitrogen and oxygen atoms in total. The summed E-state index contributed by atoms with van der Waals surface area (Å²) >= 11 is 1.47. The van der Waals surface area contributed by atoms with Gasteiger partial charge in [0.05, 0.1) is 17.0 Å². The lowest BCUT2D eigenvalue weighted by atomic mass is 10.1. The van der Waals surface area contributed by atoms with Crippen LogP contribution in [0.4, 0.5) is 0 Å². The van der Waals surface area contributed by atoms with Crippen molar-refractivity contribution >= 4 is 11.8 Å². The van der Waals surface area contributed by atoms with E-state index in [-0.39, 0.29) is 5.56 Å². The van der Waals surface area contributed by atoms with Gasteiger partial charge in [0.2, 0.25) is 0 Å². The Labute approximate surface area is 121 Å². The fraction of sp³-hybridized carbons (Fsp3) is 0.462. The van der Waals surface area contributed by atoms with Gasteiger partial charge in [0.25, 0.3) is 5.56 Å². The van der Waals surface area contributed by atoms with E-state index in [1.165, 1.54) is 11.8 Å². The highest BCUT2D eigenvalue weighted by Gasteiger charge is 2.21. The van der Waals surface area contributed by atoms with Crippen LogP contribution in [0, 0.1) is 6.92 Å². The molecule has 0 amide bonds. The van der Waals surface area contributed by atoms with Gasteiger partial charge < -0.3 is 4.98 Å². The van der Waals surface area contributed by atoms with E-state index in [0.29, 0.717) is 11.7 Å². The Morgan fingerprint density at radius 3 is 3.05 bits per heavy atom. The predicted octanol–water partition coefficient (Wildman–Crippen LogP) is 1.08. The van der Waals surface area contributed by atoms with Crippen LogP contribution in [0.15, 0.2) is 16.0 Å². The van der Waals surface area contributed by atoms with Crippen molar-refractivity contribution < 1.29 is 0 Å². The van der Waals surface area contributed by atoms with Gasteiger partial charge in [0.15, 0.2) is 5.16 Å². The molecular formula is C13H17N5OS. The molecule has 0 unspecified atom stereocenters. The van der Waals surface area contributed by atoms with Gasteiger partial charge in [-0.3, -0.25) is 14.8 Å². The minimum Gasteiger partial charge on any atom is -0.301 e. The van der Waals surface area contributed by atoms with E-state index in [2.05, 4.69) is 25.1 Å². The Balaban J connectivity index is 1.80. The zero-order chi connectivity index (χ0) is 14.1. The number of nitrogens with one attached hydrogen (secondary N) is 2. The number of hydrogen-bond acceptors (Lipinski definition) is 5. The van der Waals surface area contributed by atoms with E-state index in [1.54, 1.807) is 0 Å². The summed E-state index contributed by atoms with van der Waals surface area (Å²) in [4.78, 5) is 21.6. The van der Waals surface area contributed by atoms with Crippen LogP contribution in [0.1, 0.15) is 22.6 Å². The molecule has 0 aromatic carbocycles. The molecule has 3 heterocycles. The average molecular weight is 291 g/mol. The molecule has 7 heteroatoms. The van der Waals surface area contributed by atoms with Crippen LogP contribution in [-0.2, 0) is 19.5 Å². The maximum absolute atomic E-state index is 12.1. The van der Waals surface area contributed by atoms with Crippen LogP contribution >= 0.6 is 11.8 Å². The number of aromatic amines is 2. The molecule has 0 fully saturated rings. The van der Waals surface area contributed by atoms with Crippen molar-refractivity contribution in [1.82, 2.24) is 25.1 Å². The van der Waals surface area contributed by atoms with Gasteiger partial charge in [0, 0.05) is 31.7 Å². The molecule has 0 saturated heterocycles. The minimum atomic E-state index is -0.0118. The highest BCUT2D eigenvalue weighted by molar-refractivity contribution is 7.98. The smallest absolute Gasteiger partial charge is 0.256 e. The second-order valence-electron chi connectivity index (χ2n) is 5.00. The lowest BCUT2D eigenvalue weighted by Gasteiger charge is -2.26. The molecule has 0 spiro atoms. The number of rotatable bonds is 3. The van der Waals surface area contributed by atoms with E-state index in [9.17, 15) is 4.79 Å². The van der Waals surface area contributed by atoms with Gasteiger partial charge >= 0.3 is 0 Å². The van der Waals surface area contributed by atoms with Crippen molar-refractivity contribution in [1.29, 1.82) is 0 Å². The third kappa shape index (κ3) is 2.64. The van der Waals surface area contributed by atoms with Gasteiger partial charge in [-0.15, -0.1) is 0 Å². The van der Waals surface area contributed by atoms with Crippen molar-refractivity contribution in [3.63, 3.8) is 0 Å². The van der Waals surface area contributed by atoms with Crippen molar-refractivity contribution in [2.75, 3.05) is 12.8 Å². The van der Waals surface area contributed by atoms with Gasteiger partial charge in [-0.25, -0.2) is 4.98 Å². The number of fused-ring (bicyclic) bond motifs is 1. The summed E-state index contributed by atoms with van der Waals surface area (Å²) in [6.45, 7) is 4.29. The maximum atomic E-state index is 12.1. The topological polar surface area (TPSA) is 77.7 Å². The summed E-state index contributed by atoms with van der Waals surface area (Å²) in [7, 11) is 0. The van der Waals surface area contributed by atoms with Crippen LogP contribution in [-0.4, -0.2) is 37.9 Å². The van der Waals surface area contributed by atoms with Crippen molar-refractivity contribution in [3.8, 4) is 0 Å². The van der Waals surface area contributed by atoms with Gasteiger partial charge in [-0.1, -0.05) is 11.8 Å². The maximum Gasteiger partial charge on any atom is 0.256 e. The van der Waals surface area contributed by atoms with Crippen LogP contribution in [0.2, 0.25) is 0 Å². The fourth-order valence-corrected chi connectivity index (χ4v) is 2.87. The molecule has 1 aliphatic rings. The van der Waals surface area contributed by atoms with Gasteiger partial charge in [-0.2, -0.15) is 5.10 Å². The first-order valence-electron chi connectivity index (χ1n) is 6.55. The third-order valence-electron chi connectivity index (χ3n) is 3.46. The van der Waals surface area contributed by atoms with E-state index < -0.39 is 0 Å². The Bertz CT molecular complexity index is 678. The molecule has 106 valence electrons. The summed E-state index contributed by atoms with van der Waals surface area (Å²) < 4.78 is 0. The van der Waals surface area contributed by atoms with Crippen molar-refractivity contribution in [3.05, 3.63) is 39.1 Å². The first-order chi connectivity index (χ1) is 9.65. The second kappa shape index (κ2) is 5.41. The first-order valence-corrected chi connectivity index (χ1v) is 7.77. The summed E-state index contributed by atoms with van der Waals surface area (Å²) in [6, 6.07) is 2.04. The summed E-state index contributed by atoms with van der Waals surface area (Å²) in [5.74, 6) is 0. The Morgan fingerprint density at radius 1 is 1.50 bits per heavy atom. The minimum absolute atomic E-state index is 0.0118. The SMILES string of the molecule is CSc1nc2c(c(=O)[nH]1)CN(Cc1cc(C)[nH]n1)CC2. The largest absolute Gasteiger partial charge is 0.301 e. The summed E-state index contributed by atoms with van der Waals surface area (Å²) in [5, 5.41) is 7.89. The normalized spacial score (nSPS) is 15.3. The first kappa shape index (κ1) is 13.4. The van der Waals surface area contributed by atoms with E-state index in [1.807, 2.05) is 19.2 Å². The number of aryl methyl sites for hydroxylation is 1. The molecule has 3 rings (SSSR count). The molecule has 2 aromatic heterocycles. The number of thioether (sulfide) groups is 1. The highest BCUT2D eigenvalue weighted by Crippen LogP contribution is 2.17. The quantitative estimate of drug-likeness (QED) is 0.653. The fourth-order valence-electron chi connectivity index (χ4n) is 2.47. The van der Waals surface area contributed by atoms with Gasteiger partial charge in [0.1, 0.15) is 0 Å². The standard InChI is InChI=1S/C13H17N5OS/c1-8-5-9(17-16-8)6-18-4-3-11-10(7-18)12(19)15-13(14-11)20-2/h5H,3-4,6-7H2,1-2H3,(H,16,17)(H,14,15,19). The lowest BCUT2D eigenvalue weighted by molar-refractivity contribution is 0.238. The Kier molecular flexibility index (Phi) is 3.62. The molecule has 0 saturated carbocycles. The predicted molar refractivity (Wildman–Crippen MR) is 77.8 cm³/mol. The summed E-state index contributed by atoms with van der Waals surface area (Å²) in [6.07, 6.45) is 2.73. The Morgan fingerprint density at radius 2 is 2.35 bits per heavy atom. The molecule has 2 N–H and O–H groups in total. The van der Waals surface area contributed by atoms with Crippen LogP contribution in [0.5, 0.6) is 0 Å². The van der Waals surface area contributed by atoms with Crippen molar-refractivity contribution in [2.24, 2.45) is 0 Å². The average Bonchev–Trinajstić information content (AvgIpc) is 2.84. The molecular weight excluding hydrogens is 274 g/mol. The molecule has 2 aromatic rings. The molecule has 0 bridgehead atoms. The third-order valence-corrected chi connectivity index (χ3v) is 4.04. The molecule has 0 atom stereocenters. The molecule has 0 radical (unpaired) electrons. The zero-order valence-electron chi connectivity index (χ0n) is 11.6. The van der Waals surface area contributed by atoms with E-state index >= 15 is 0 Å². The number of H-pyrrole nitrogens is 2. The zero-order valence-corrected chi connectivity index (χ0v) is 12.4. The number of nitrogens with zero attached hydrogens (tertiary/aromatic N) is 3. The van der Waals surface area contributed by atoms with Gasteiger partial charge in [-0.05, 0) is 19.2 Å². The van der Waals surface area contributed by atoms with Crippen LogP contribution < -0.4 is 5.56 Å². The second-order valence-corrected chi connectivity index (χ2v) is 5.80. The van der Waals surface area contributed by atoms with E-state index in [4.69, 9.17) is 0 Å². The monoisotopic (exact) mass is 291 g/mol. The Hall–Kier alpha value is -1.60. The molecule has 0 aliphatic carbocycles. The van der Waals surface area contributed by atoms with Crippen molar-refractivity contribution in [2.45, 2.75) is 31.6 Å². The molecule has 1 aliphatic heterocycles. The number of hydrogen-bond donors (Lipinski definition) is 2. The van der Waals surface area contributed by atoms with E-state index in [0.717, 1.165) is 42.2 Å². The van der Waals surface area contributed by atoms with Crippen LogP contribution in [0.25, 0.3) is 0 Å². The highest BCUT2D eigenvalue weighted by atomic mass is 32.2. The molecule has 20 heavy (non-hydrogen) atoms.